The topological polar surface area (TPSA) is 113 Å². The maximum absolute atomic E-state index is 13.2. The van der Waals surface area contributed by atoms with Gasteiger partial charge < -0.3 is 10.4 Å². The fourth-order valence-electron chi connectivity index (χ4n) is 5.15. The molecule has 1 saturated heterocycles. The number of carboxylic acid groups (broad SMARTS) is 1. The molecule has 0 unspecified atom stereocenters. The van der Waals surface area contributed by atoms with E-state index in [1.54, 1.807) is 42.6 Å². The summed E-state index contributed by atoms with van der Waals surface area (Å²) >= 11 is 0. The summed E-state index contributed by atoms with van der Waals surface area (Å²) in [5.41, 5.74) is 4.62. The zero-order chi connectivity index (χ0) is 28.3. The van der Waals surface area contributed by atoms with E-state index < -0.39 is 12.0 Å². The van der Waals surface area contributed by atoms with Crippen molar-refractivity contribution in [2.45, 2.75) is 25.8 Å². The normalized spacial score (nSPS) is 13.8. The van der Waals surface area contributed by atoms with Crippen LogP contribution < -0.4 is 5.32 Å². The van der Waals surface area contributed by atoms with Gasteiger partial charge in [0.05, 0.1) is 23.1 Å². The number of piperidine rings is 1. The van der Waals surface area contributed by atoms with Crippen molar-refractivity contribution in [3.05, 3.63) is 96.3 Å². The number of anilines is 1. The molecule has 206 valence electrons. The van der Waals surface area contributed by atoms with Crippen LogP contribution in [0.2, 0.25) is 0 Å². The number of hydrogen-bond acceptors (Lipinski definition) is 6. The molecule has 5 aromatic rings. The summed E-state index contributed by atoms with van der Waals surface area (Å²) in [4.78, 5) is 36.4. The van der Waals surface area contributed by atoms with Gasteiger partial charge in [-0.05, 0) is 91.7 Å². The van der Waals surface area contributed by atoms with Crippen LogP contribution in [0.1, 0.15) is 35.3 Å². The van der Waals surface area contributed by atoms with Crippen molar-refractivity contribution < 1.29 is 19.1 Å². The molecule has 0 bridgehead atoms. The Morgan fingerprint density at radius 3 is 2.39 bits per heavy atom. The number of aromatic nitrogens is 4. The van der Waals surface area contributed by atoms with E-state index in [0.717, 1.165) is 46.6 Å². The summed E-state index contributed by atoms with van der Waals surface area (Å²) in [6.45, 7) is 2.98. The van der Waals surface area contributed by atoms with Crippen LogP contribution in [-0.4, -0.2) is 54.8 Å². The fourth-order valence-corrected chi connectivity index (χ4v) is 5.15. The van der Waals surface area contributed by atoms with Crippen molar-refractivity contribution in [1.82, 2.24) is 24.6 Å². The van der Waals surface area contributed by atoms with E-state index in [0.29, 0.717) is 22.3 Å². The molecule has 6 rings (SSSR count). The van der Waals surface area contributed by atoms with Crippen LogP contribution >= 0.6 is 0 Å². The van der Waals surface area contributed by atoms with Crippen molar-refractivity contribution in [2.24, 2.45) is 0 Å². The molecule has 1 aliphatic rings. The monoisotopic (exact) mass is 550 g/mol. The Morgan fingerprint density at radius 2 is 1.66 bits per heavy atom. The second kappa shape index (κ2) is 11.3. The fraction of sp³-hybridized carbons (Fsp3) is 0.194. The first kappa shape index (κ1) is 26.3. The van der Waals surface area contributed by atoms with Crippen LogP contribution in [0.5, 0.6) is 0 Å². The number of nitrogens with one attached hydrogen (secondary N) is 1. The van der Waals surface area contributed by atoms with Gasteiger partial charge in [-0.15, -0.1) is 0 Å². The van der Waals surface area contributed by atoms with E-state index >= 15 is 0 Å². The number of pyridine rings is 2. The Bertz CT molecular complexity index is 1730. The Morgan fingerprint density at radius 1 is 0.878 bits per heavy atom. The van der Waals surface area contributed by atoms with E-state index in [-0.39, 0.29) is 11.5 Å². The van der Waals surface area contributed by atoms with E-state index in [2.05, 4.69) is 31.3 Å². The minimum absolute atomic E-state index is 0.223. The second-order valence-corrected chi connectivity index (χ2v) is 10.1. The lowest BCUT2D eigenvalue weighted by Gasteiger charge is -2.26. The molecule has 1 aliphatic heterocycles. The first-order valence-corrected chi connectivity index (χ1v) is 13.4. The number of amides is 1. The average molecular weight is 551 g/mol. The van der Waals surface area contributed by atoms with Crippen LogP contribution in [0.4, 0.5) is 14.9 Å². The molecular weight excluding hydrogens is 523 g/mol. The number of carboxylic acids is 1. The highest BCUT2D eigenvalue weighted by Crippen LogP contribution is 2.28. The summed E-state index contributed by atoms with van der Waals surface area (Å²) in [6.07, 6.45) is 8.77. The molecule has 3 aromatic heterocycles. The minimum Gasteiger partial charge on any atom is -0.476 e. The summed E-state index contributed by atoms with van der Waals surface area (Å²) < 4.78 is 14.3. The van der Waals surface area contributed by atoms with Crippen LogP contribution in [0.3, 0.4) is 0 Å². The number of aromatic carboxylic acids is 1. The zero-order valence-electron chi connectivity index (χ0n) is 22.1. The van der Waals surface area contributed by atoms with Gasteiger partial charge in [0.1, 0.15) is 5.82 Å². The van der Waals surface area contributed by atoms with Crippen molar-refractivity contribution >= 4 is 28.6 Å². The lowest BCUT2D eigenvalue weighted by Crippen LogP contribution is -2.29. The molecule has 0 aliphatic carbocycles. The van der Waals surface area contributed by atoms with E-state index in [9.17, 15) is 19.1 Å². The maximum Gasteiger partial charge on any atom is 0.357 e. The molecule has 10 heteroatoms. The zero-order valence-corrected chi connectivity index (χ0v) is 22.1. The van der Waals surface area contributed by atoms with Crippen molar-refractivity contribution in [3.8, 4) is 22.4 Å². The van der Waals surface area contributed by atoms with Gasteiger partial charge in [0.25, 0.3) is 0 Å². The van der Waals surface area contributed by atoms with Gasteiger partial charge in [-0.3, -0.25) is 14.9 Å². The lowest BCUT2D eigenvalue weighted by molar-refractivity contribution is 0.0692. The first-order valence-electron chi connectivity index (χ1n) is 13.4. The predicted molar refractivity (Wildman–Crippen MR) is 153 cm³/mol. The molecule has 2 N–H and O–H groups in total. The number of carbonyl (C=O) groups is 2. The highest BCUT2D eigenvalue weighted by molar-refractivity contribution is 6.06. The Kier molecular flexibility index (Phi) is 7.22. The number of benzene rings is 2. The highest BCUT2D eigenvalue weighted by atomic mass is 19.1. The molecule has 9 nitrogen and oxygen atoms in total. The molecule has 1 amide bonds. The Hall–Kier alpha value is -4.96. The Balaban J connectivity index is 1.25. The van der Waals surface area contributed by atoms with Gasteiger partial charge in [0.15, 0.2) is 5.69 Å². The third kappa shape index (κ3) is 5.68. The summed E-state index contributed by atoms with van der Waals surface area (Å²) in [7, 11) is 0. The third-order valence-electron chi connectivity index (χ3n) is 7.21. The first-order chi connectivity index (χ1) is 19.9. The van der Waals surface area contributed by atoms with Crippen LogP contribution in [0.15, 0.2) is 79.3 Å². The van der Waals surface area contributed by atoms with Gasteiger partial charge in [0.2, 0.25) is 0 Å². The molecule has 0 saturated carbocycles. The highest BCUT2D eigenvalue weighted by Gasteiger charge is 2.21. The van der Waals surface area contributed by atoms with Crippen LogP contribution in [0.25, 0.3) is 33.3 Å². The average Bonchev–Trinajstić information content (AvgIpc) is 3.38. The molecular formula is C31H27FN6O3. The number of fused-ring (bicyclic) bond motifs is 1. The minimum atomic E-state index is -1.24. The van der Waals surface area contributed by atoms with E-state index in [4.69, 9.17) is 0 Å². The quantitative estimate of drug-likeness (QED) is 0.264. The largest absolute Gasteiger partial charge is 0.476 e. The third-order valence-corrected chi connectivity index (χ3v) is 7.21. The molecule has 0 atom stereocenters. The SMILES string of the molecule is O=C(O)c1nn(C(=O)Nc2ccc(-c3ccc(F)cc3)nc2)c2ccc(-c3cncc(CN4CCCCC4)c3)cc12. The lowest BCUT2D eigenvalue weighted by atomic mass is 10.0. The second-order valence-electron chi connectivity index (χ2n) is 10.1. The van der Waals surface area contributed by atoms with Gasteiger partial charge >= 0.3 is 12.0 Å². The number of rotatable bonds is 6. The van der Waals surface area contributed by atoms with Gasteiger partial charge in [-0.1, -0.05) is 12.5 Å². The molecule has 41 heavy (non-hydrogen) atoms. The van der Waals surface area contributed by atoms with Crippen molar-refractivity contribution in [3.63, 3.8) is 0 Å². The molecule has 1 fully saturated rings. The smallest absolute Gasteiger partial charge is 0.357 e. The van der Waals surface area contributed by atoms with Crippen molar-refractivity contribution in [1.29, 1.82) is 0 Å². The van der Waals surface area contributed by atoms with Crippen LogP contribution in [-0.2, 0) is 6.54 Å². The van der Waals surface area contributed by atoms with E-state index in [1.807, 2.05) is 12.3 Å². The van der Waals surface area contributed by atoms with Gasteiger partial charge in [-0.25, -0.2) is 14.0 Å². The number of likely N-dealkylation sites (tertiary alicyclic amines) is 1. The van der Waals surface area contributed by atoms with Crippen LogP contribution in [0, 0.1) is 5.82 Å². The van der Waals surface area contributed by atoms with Crippen molar-refractivity contribution in [2.75, 3.05) is 18.4 Å². The summed E-state index contributed by atoms with van der Waals surface area (Å²) in [6, 6.07) is 16.0. The molecule has 0 radical (unpaired) electrons. The number of hydrogen-bond donors (Lipinski definition) is 2. The standard InChI is InChI=1S/C31H27FN6O3/c32-24-7-4-21(5-8-24)27-10-9-25(18-34-27)35-31(41)38-28-11-6-22(15-26(28)29(36-38)30(39)40)23-14-20(16-33-17-23)19-37-12-2-1-3-13-37/h4-11,14-18H,1-3,12-13,19H2,(H,35,41)(H,39,40). The predicted octanol–water partition coefficient (Wildman–Crippen LogP) is 6.06. The molecule has 0 spiro atoms. The summed E-state index contributed by atoms with van der Waals surface area (Å²) in [5.74, 6) is -1.57. The number of halogens is 1. The maximum atomic E-state index is 13.2. The van der Waals surface area contributed by atoms with Gasteiger partial charge in [-0.2, -0.15) is 9.78 Å². The van der Waals surface area contributed by atoms with E-state index in [1.165, 1.54) is 37.6 Å². The number of nitrogens with zero attached hydrogens (tertiary/aromatic N) is 5. The molecule has 2 aromatic carbocycles. The number of carbonyl (C=O) groups excluding carboxylic acids is 1. The molecule has 4 heterocycles. The van der Waals surface area contributed by atoms with Gasteiger partial charge in [0, 0.05) is 35.5 Å². The Labute approximate surface area is 235 Å². The summed E-state index contributed by atoms with van der Waals surface area (Å²) in [5, 5.41) is 17.0.